The first-order valence-corrected chi connectivity index (χ1v) is 11.3. The molecule has 158 valence electrons. The predicted octanol–water partition coefficient (Wildman–Crippen LogP) is 4.71. The minimum Gasteiger partial charge on any atom is -0.481 e. The molecule has 3 aliphatic rings. The van der Waals surface area contributed by atoms with Crippen molar-refractivity contribution in [2.75, 3.05) is 0 Å². The Balaban J connectivity index is 1.73. The summed E-state index contributed by atoms with van der Waals surface area (Å²) in [6.45, 7) is 4.48. The van der Waals surface area contributed by atoms with Crippen molar-refractivity contribution in [3.63, 3.8) is 0 Å². The molecule has 0 aliphatic heterocycles. The van der Waals surface area contributed by atoms with Crippen molar-refractivity contribution < 1.29 is 20.1 Å². The topological polar surface area (TPSA) is 77.8 Å². The Morgan fingerprint density at radius 3 is 2.61 bits per heavy atom. The Morgan fingerprint density at radius 1 is 1.25 bits per heavy atom. The number of fused-ring (bicyclic) bond motifs is 1. The van der Waals surface area contributed by atoms with E-state index in [9.17, 15) is 15.0 Å². The zero-order chi connectivity index (χ0) is 20.3. The van der Waals surface area contributed by atoms with Crippen molar-refractivity contribution in [2.45, 2.75) is 90.3 Å². The SMILES string of the molecule is CCC1C(=CCCC(=O)O)[C@]2(C)CC[C@H](O)[C@@H](/C=C/C(O)C3CCCCC3)[C@H]12. The first-order chi connectivity index (χ1) is 13.4. The molecule has 0 spiro atoms. The van der Waals surface area contributed by atoms with Crippen LogP contribution in [0.3, 0.4) is 0 Å². The first kappa shape index (κ1) is 21.6. The lowest BCUT2D eigenvalue weighted by atomic mass is 9.42. The summed E-state index contributed by atoms with van der Waals surface area (Å²) < 4.78 is 0. The van der Waals surface area contributed by atoms with Gasteiger partial charge in [-0.3, -0.25) is 4.79 Å². The van der Waals surface area contributed by atoms with Crippen molar-refractivity contribution in [1.82, 2.24) is 0 Å². The molecule has 6 atom stereocenters. The van der Waals surface area contributed by atoms with Crippen molar-refractivity contribution in [3.05, 3.63) is 23.8 Å². The molecule has 3 aliphatic carbocycles. The third kappa shape index (κ3) is 4.23. The second-order valence-corrected chi connectivity index (χ2v) is 9.51. The molecule has 4 nitrogen and oxygen atoms in total. The highest BCUT2D eigenvalue weighted by Crippen LogP contribution is 2.65. The molecule has 2 unspecified atom stereocenters. The van der Waals surface area contributed by atoms with Gasteiger partial charge in [-0.05, 0) is 61.7 Å². The molecule has 0 aromatic rings. The number of aliphatic hydroxyl groups excluding tert-OH is 2. The monoisotopic (exact) mass is 390 g/mol. The van der Waals surface area contributed by atoms with E-state index in [4.69, 9.17) is 5.11 Å². The van der Waals surface area contributed by atoms with Crippen LogP contribution in [0.4, 0.5) is 0 Å². The highest BCUT2D eigenvalue weighted by Gasteiger charge is 2.59. The van der Waals surface area contributed by atoms with Gasteiger partial charge in [-0.15, -0.1) is 0 Å². The fraction of sp³-hybridized carbons (Fsp3) is 0.792. The van der Waals surface area contributed by atoms with Crippen LogP contribution in [0.1, 0.15) is 78.1 Å². The smallest absolute Gasteiger partial charge is 0.303 e. The highest BCUT2D eigenvalue weighted by atomic mass is 16.4. The van der Waals surface area contributed by atoms with Crippen molar-refractivity contribution in [3.8, 4) is 0 Å². The number of hydrogen-bond donors (Lipinski definition) is 3. The second kappa shape index (κ2) is 9.13. The summed E-state index contributed by atoms with van der Waals surface area (Å²) in [6, 6.07) is 0. The molecule has 3 saturated carbocycles. The normalized spacial score (nSPS) is 38.9. The van der Waals surface area contributed by atoms with Gasteiger partial charge in [0.25, 0.3) is 0 Å². The molecule has 3 N–H and O–H groups in total. The largest absolute Gasteiger partial charge is 0.481 e. The molecule has 0 radical (unpaired) electrons. The quantitative estimate of drug-likeness (QED) is 0.550. The van der Waals surface area contributed by atoms with E-state index in [-0.39, 0.29) is 23.9 Å². The molecule has 0 bridgehead atoms. The minimum atomic E-state index is -0.748. The molecular weight excluding hydrogens is 352 g/mol. The summed E-state index contributed by atoms with van der Waals surface area (Å²) in [5.41, 5.74) is 1.46. The number of rotatable bonds is 7. The molecule has 28 heavy (non-hydrogen) atoms. The van der Waals surface area contributed by atoms with Gasteiger partial charge < -0.3 is 15.3 Å². The summed E-state index contributed by atoms with van der Waals surface area (Å²) in [5, 5.41) is 30.3. The van der Waals surface area contributed by atoms with Crippen LogP contribution in [0, 0.1) is 29.1 Å². The third-order valence-electron chi connectivity index (χ3n) is 7.87. The Bertz CT molecular complexity index is 604. The minimum absolute atomic E-state index is 0.0587. The van der Waals surface area contributed by atoms with E-state index in [1.807, 2.05) is 6.08 Å². The van der Waals surface area contributed by atoms with E-state index in [0.717, 1.165) is 32.1 Å². The van der Waals surface area contributed by atoms with Gasteiger partial charge in [0.1, 0.15) is 0 Å². The van der Waals surface area contributed by atoms with Gasteiger partial charge in [0.05, 0.1) is 12.2 Å². The lowest BCUT2D eigenvalue weighted by molar-refractivity contribution is -0.136. The Labute approximate surface area is 169 Å². The zero-order valence-electron chi connectivity index (χ0n) is 17.5. The van der Waals surface area contributed by atoms with Crippen molar-refractivity contribution in [2.24, 2.45) is 29.1 Å². The molecule has 0 amide bonds. The fourth-order valence-corrected chi connectivity index (χ4v) is 6.37. The summed E-state index contributed by atoms with van der Waals surface area (Å²) in [4.78, 5) is 10.9. The van der Waals surface area contributed by atoms with Crippen LogP contribution in [0.5, 0.6) is 0 Å². The summed E-state index contributed by atoms with van der Waals surface area (Å²) in [5.74, 6) is 0.496. The number of carboxylic acids is 1. The van der Waals surface area contributed by atoms with E-state index in [2.05, 4.69) is 26.0 Å². The van der Waals surface area contributed by atoms with Gasteiger partial charge in [0, 0.05) is 12.3 Å². The number of aliphatic hydroxyl groups is 2. The Hall–Kier alpha value is -1.13. The maximum absolute atomic E-state index is 10.9. The molecule has 0 saturated heterocycles. The highest BCUT2D eigenvalue weighted by molar-refractivity contribution is 5.66. The third-order valence-corrected chi connectivity index (χ3v) is 7.87. The summed E-state index contributed by atoms with van der Waals surface area (Å²) in [7, 11) is 0. The van der Waals surface area contributed by atoms with Crippen LogP contribution in [0.2, 0.25) is 0 Å². The molecule has 4 heteroatoms. The lowest BCUT2D eigenvalue weighted by Crippen LogP contribution is -2.57. The maximum Gasteiger partial charge on any atom is 0.303 e. The first-order valence-electron chi connectivity index (χ1n) is 11.3. The van der Waals surface area contributed by atoms with Crippen LogP contribution < -0.4 is 0 Å². The Kier molecular flexibility index (Phi) is 7.03. The van der Waals surface area contributed by atoms with Crippen molar-refractivity contribution in [1.29, 1.82) is 0 Å². The van der Waals surface area contributed by atoms with Crippen LogP contribution in [0.25, 0.3) is 0 Å². The van der Waals surface area contributed by atoms with Crippen molar-refractivity contribution >= 4 is 5.97 Å². The lowest BCUT2D eigenvalue weighted by Gasteiger charge is -2.62. The van der Waals surface area contributed by atoms with E-state index < -0.39 is 12.1 Å². The molecule has 0 aromatic carbocycles. The number of carboxylic acid groups (broad SMARTS) is 1. The number of hydrogen-bond acceptors (Lipinski definition) is 3. The van der Waals surface area contributed by atoms with Crippen LogP contribution in [0.15, 0.2) is 23.8 Å². The van der Waals surface area contributed by atoms with Crippen LogP contribution in [-0.4, -0.2) is 33.5 Å². The maximum atomic E-state index is 10.9. The van der Waals surface area contributed by atoms with E-state index in [1.54, 1.807) is 0 Å². The number of aliphatic carboxylic acids is 1. The summed E-state index contributed by atoms with van der Waals surface area (Å²) in [6.07, 6.45) is 14.9. The molecule has 0 aromatic heterocycles. The van der Waals surface area contributed by atoms with Gasteiger partial charge in [0.15, 0.2) is 0 Å². The predicted molar refractivity (Wildman–Crippen MR) is 111 cm³/mol. The van der Waals surface area contributed by atoms with Gasteiger partial charge in [-0.2, -0.15) is 0 Å². The Morgan fingerprint density at radius 2 is 1.96 bits per heavy atom. The van der Waals surface area contributed by atoms with E-state index >= 15 is 0 Å². The van der Waals surface area contributed by atoms with Crippen LogP contribution in [-0.2, 0) is 4.79 Å². The zero-order valence-corrected chi connectivity index (χ0v) is 17.5. The fourth-order valence-electron chi connectivity index (χ4n) is 6.37. The molecule has 3 rings (SSSR count). The second-order valence-electron chi connectivity index (χ2n) is 9.51. The average Bonchev–Trinajstić information content (AvgIpc) is 2.68. The van der Waals surface area contributed by atoms with E-state index in [1.165, 1.54) is 24.8 Å². The van der Waals surface area contributed by atoms with Gasteiger partial charge >= 0.3 is 5.97 Å². The van der Waals surface area contributed by atoms with Gasteiger partial charge in [0.2, 0.25) is 0 Å². The average molecular weight is 391 g/mol. The number of allylic oxidation sites excluding steroid dienone is 2. The molecular formula is C24H38O4. The van der Waals surface area contributed by atoms with Gasteiger partial charge in [-0.1, -0.05) is 56.9 Å². The summed E-state index contributed by atoms with van der Waals surface area (Å²) >= 11 is 0. The molecule has 3 fully saturated rings. The molecule has 0 heterocycles. The van der Waals surface area contributed by atoms with Crippen LogP contribution >= 0.6 is 0 Å². The van der Waals surface area contributed by atoms with E-state index in [0.29, 0.717) is 24.2 Å². The standard InChI is InChI=1S/C24H38O4/c1-3-17-19(10-7-11-22(27)28)24(2)15-14-21(26)18(23(17)24)12-13-20(25)16-8-5-4-6-9-16/h10,12-13,16-18,20-21,23,25-26H,3-9,11,14-15H2,1-2H3,(H,27,28)/b13-12+,19-10?/t17?,18-,20?,21+,23+,24+/m1/s1. The number of carbonyl (C=O) groups is 1. The van der Waals surface area contributed by atoms with Gasteiger partial charge in [-0.25, -0.2) is 0 Å².